The van der Waals surface area contributed by atoms with Gasteiger partial charge < -0.3 is 15.2 Å². The number of hydrogen-bond acceptors (Lipinski definition) is 4. The second kappa shape index (κ2) is 8.83. The summed E-state index contributed by atoms with van der Waals surface area (Å²) < 4.78 is 5.26. The molecule has 2 aromatic rings. The van der Waals surface area contributed by atoms with E-state index in [0.29, 0.717) is 12.3 Å². The van der Waals surface area contributed by atoms with Crippen molar-refractivity contribution in [3.8, 4) is 5.75 Å². The number of nitrogens with one attached hydrogen (secondary N) is 1. The Hall–Kier alpha value is -2.49. The van der Waals surface area contributed by atoms with Crippen molar-refractivity contribution >= 4 is 11.7 Å². The maximum absolute atomic E-state index is 12.1. The average Bonchev–Trinajstić information content (AvgIpc) is 2.57. The number of carbonyl (C=O) groups excluding carboxylic acids is 1. The molecule has 4 heteroatoms. The molecule has 0 aromatic heterocycles. The van der Waals surface area contributed by atoms with Crippen LogP contribution in [0.2, 0.25) is 0 Å². The van der Waals surface area contributed by atoms with Gasteiger partial charge in [-0.25, -0.2) is 0 Å². The number of aromatic hydroxyl groups is 1. The van der Waals surface area contributed by atoms with Gasteiger partial charge in [-0.1, -0.05) is 55.8 Å². The van der Waals surface area contributed by atoms with Gasteiger partial charge in [0.1, 0.15) is 5.75 Å². The molecule has 0 heterocycles. The average molecular weight is 313 g/mol. The summed E-state index contributed by atoms with van der Waals surface area (Å²) in [6, 6.07) is 16.4. The van der Waals surface area contributed by atoms with E-state index in [1.165, 1.54) is 0 Å². The third-order valence-corrected chi connectivity index (χ3v) is 3.57. The van der Waals surface area contributed by atoms with Crippen LogP contribution in [-0.2, 0) is 9.53 Å². The van der Waals surface area contributed by atoms with E-state index in [2.05, 4.69) is 12.2 Å². The number of benzene rings is 2. The first kappa shape index (κ1) is 16.9. The van der Waals surface area contributed by atoms with Crippen LogP contribution >= 0.6 is 0 Å². The fourth-order valence-electron chi connectivity index (χ4n) is 2.28. The predicted molar refractivity (Wildman–Crippen MR) is 91.4 cm³/mol. The number of phenols is 1. The van der Waals surface area contributed by atoms with E-state index in [4.69, 9.17) is 4.74 Å². The minimum atomic E-state index is -0.251. The van der Waals surface area contributed by atoms with Gasteiger partial charge in [0.15, 0.2) is 0 Å². The zero-order valence-corrected chi connectivity index (χ0v) is 13.4. The van der Waals surface area contributed by atoms with E-state index in [9.17, 15) is 9.90 Å². The SMILES string of the molecule is CCCCOC(=O)CC(Nc1ccccc1O)c1ccccc1. The van der Waals surface area contributed by atoms with Gasteiger partial charge in [-0.3, -0.25) is 4.79 Å². The molecule has 2 aromatic carbocycles. The first-order valence-electron chi connectivity index (χ1n) is 7.95. The molecule has 0 aliphatic rings. The lowest BCUT2D eigenvalue weighted by atomic mass is 10.0. The lowest BCUT2D eigenvalue weighted by molar-refractivity contribution is -0.144. The largest absolute Gasteiger partial charge is 0.506 e. The highest BCUT2D eigenvalue weighted by molar-refractivity contribution is 5.71. The van der Waals surface area contributed by atoms with Crippen molar-refractivity contribution in [3.63, 3.8) is 0 Å². The van der Waals surface area contributed by atoms with Gasteiger partial charge >= 0.3 is 5.97 Å². The number of carbonyl (C=O) groups is 1. The highest BCUT2D eigenvalue weighted by atomic mass is 16.5. The molecule has 1 atom stereocenters. The molecule has 0 bridgehead atoms. The van der Waals surface area contributed by atoms with E-state index in [1.807, 2.05) is 36.4 Å². The number of esters is 1. The van der Waals surface area contributed by atoms with Crippen molar-refractivity contribution in [3.05, 3.63) is 60.2 Å². The summed E-state index contributed by atoms with van der Waals surface area (Å²) in [5, 5.41) is 13.2. The third-order valence-electron chi connectivity index (χ3n) is 3.57. The van der Waals surface area contributed by atoms with Gasteiger partial charge in [0.2, 0.25) is 0 Å². The Labute approximate surface area is 137 Å². The normalized spacial score (nSPS) is 11.7. The van der Waals surface area contributed by atoms with Crippen LogP contribution in [0.1, 0.15) is 37.8 Å². The summed E-state index contributed by atoms with van der Waals surface area (Å²) >= 11 is 0. The standard InChI is InChI=1S/C19H23NO3/c1-2-3-13-23-19(22)14-17(15-9-5-4-6-10-15)20-16-11-7-8-12-18(16)21/h4-12,17,20-21H,2-3,13-14H2,1H3. The molecule has 2 N–H and O–H groups in total. The van der Waals surface area contributed by atoms with Crippen LogP contribution in [0.15, 0.2) is 54.6 Å². The Balaban J connectivity index is 2.10. The van der Waals surface area contributed by atoms with Gasteiger partial charge in [0.05, 0.1) is 24.8 Å². The summed E-state index contributed by atoms with van der Waals surface area (Å²) in [5.74, 6) is -0.0806. The molecular formula is C19H23NO3. The Morgan fingerprint density at radius 3 is 2.52 bits per heavy atom. The minimum absolute atomic E-state index is 0.160. The van der Waals surface area contributed by atoms with Gasteiger partial charge in [-0.15, -0.1) is 0 Å². The zero-order valence-electron chi connectivity index (χ0n) is 13.4. The summed E-state index contributed by atoms with van der Waals surface area (Å²) in [5.41, 5.74) is 1.57. The second-order valence-corrected chi connectivity index (χ2v) is 5.40. The summed E-state index contributed by atoms with van der Waals surface area (Å²) in [6.45, 7) is 2.51. The quantitative estimate of drug-likeness (QED) is 0.434. The van der Waals surface area contributed by atoms with Crippen molar-refractivity contribution in [2.45, 2.75) is 32.2 Å². The molecule has 0 radical (unpaired) electrons. The van der Waals surface area contributed by atoms with Crippen molar-refractivity contribution < 1.29 is 14.6 Å². The summed E-state index contributed by atoms with van der Waals surface area (Å²) in [7, 11) is 0. The second-order valence-electron chi connectivity index (χ2n) is 5.40. The Kier molecular flexibility index (Phi) is 6.48. The van der Waals surface area contributed by atoms with Crippen molar-refractivity contribution in [2.75, 3.05) is 11.9 Å². The highest BCUT2D eigenvalue weighted by Gasteiger charge is 2.18. The molecule has 23 heavy (non-hydrogen) atoms. The van der Waals surface area contributed by atoms with Gasteiger partial charge in [-0.05, 0) is 24.1 Å². The van der Waals surface area contributed by atoms with E-state index < -0.39 is 0 Å². The Bertz CT molecular complexity index is 613. The summed E-state index contributed by atoms with van der Waals surface area (Å²) in [6.07, 6.45) is 2.07. The van der Waals surface area contributed by atoms with E-state index >= 15 is 0 Å². The van der Waals surface area contributed by atoms with Crippen LogP contribution in [0.3, 0.4) is 0 Å². The topological polar surface area (TPSA) is 58.6 Å². The van der Waals surface area contributed by atoms with Crippen LogP contribution in [0.4, 0.5) is 5.69 Å². The molecule has 2 rings (SSSR count). The van der Waals surface area contributed by atoms with E-state index in [0.717, 1.165) is 18.4 Å². The molecule has 0 spiro atoms. The molecular weight excluding hydrogens is 290 g/mol. The van der Waals surface area contributed by atoms with Gasteiger partial charge in [0.25, 0.3) is 0 Å². The molecule has 1 unspecified atom stereocenters. The molecule has 4 nitrogen and oxygen atoms in total. The van der Waals surface area contributed by atoms with Crippen LogP contribution in [-0.4, -0.2) is 17.7 Å². The number of ether oxygens (including phenoxy) is 1. The Morgan fingerprint density at radius 1 is 1.13 bits per heavy atom. The number of anilines is 1. The number of phenolic OH excluding ortho intramolecular Hbond substituents is 1. The van der Waals surface area contributed by atoms with Crippen LogP contribution in [0.25, 0.3) is 0 Å². The van der Waals surface area contributed by atoms with Crippen molar-refractivity contribution in [2.24, 2.45) is 0 Å². The first-order valence-corrected chi connectivity index (χ1v) is 7.95. The molecule has 0 aliphatic heterocycles. The lowest BCUT2D eigenvalue weighted by Gasteiger charge is -2.20. The van der Waals surface area contributed by atoms with Crippen molar-refractivity contribution in [1.82, 2.24) is 0 Å². The predicted octanol–water partition coefficient (Wildman–Crippen LogP) is 4.28. The summed E-state index contributed by atoms with van der Waals surface area (Å²) in [4.78, 5) is 12.1. The fourth-order valence-corrected chi connectivity index (χ4v) is 2.28. The Morgan fingerprint density at radius 2 is 1.83 bits per heavy atom. The van der Waals surface area contributed by atoms with Gasteiger partial charge in [-0.2, -0.15) is 0 Å². The number of para-hydroxylation sites is 2. The monoisotopic (exact) mass is 313 g/mol. The molecule has 122 valence electrons. The van der Waals surface area contributed by atoms with Crippen LogP contribution in [0, 0.1) is 0 Å². The first-order chi connectivity index (χ1) is 11.2. The highest BCUT2D eigenvalue weighted by Crippen LogP contribution is 2.28. The molecule has 0 amide bonds. The number of rotatable bonds is 8. The van der Waals surface area contributed by atoms with Gasteiger partial charge in [0, 0.05) is 0 Å². The molecule has 0 saturated carbocycles. The third kappa shape index (κ3) is 5.33. The van der Waals surface area contributed by atoms with Crippen LogP contribution < -0.4 is 5.32 Å². The smallest absolute Gasteiger partial charge is 0.308 e. The van der Waals surface area contributed by atoms with E-state index in [-0.39, 0.29) is 24.2 Å². The number of unbranched alkanes of at least 4 members (excludes halogenated alkanes) is 1. The molecule has 0 saturated heterocycles. The fraction of sp³-hybridized carbons (Fsp3) is 0.316. The van der Waals surface area contributed by atoms with Crippen molar-refractivity contribution in [1.29, 1.82) is 0 Å². The maximum atomic E-state index is 12.1. The zero-order chi connectivity index (χ0) is 16.5. The van der Waals surface area contributed by atoms with Crippen LogP contribution in [0.5, 0.6) is 5.75 Å². The molecule has 0 fully saturated rings. The number of hydrogen-bond donors (Lipinski definition) is 2. The van der Waals surface area contributed by atoms with E-state index in [1.54, 1.807) is 18.2 Å². The molecule has 0 aliphatic carbocycles. The maximum Gasteiger partial charge on any atom is 0.308 e. The minimum Gasteiger partial charge on any atom is -0.506 e. The lowest BCUT2D eigenvalue weighted by Crippen LogP contribution is -2.17.